The number of aliphatic hydroxyl groups is 1. The monoisotopic (exact) mass is 261 g/mol. The summed E-state index contributed by atoms with van der Waals surface area (Å²) in [6.07, 6.45) is 1.12. The van der Waals surface area contributed by atoms with Crippen molar-refractivity contribution < 1.29 is 14.3 Å². The van der Waals surface area contributed by atoms with E-state index in [1.807, 2.05) is 54.4 Å². The van der Waals surface area contributed by atoms with Gasteiger partial charge in [0.1, 0.15) is 24.2 Å². The molecule has 2 rings (SSSR count). The van der Waals surface area contributed by atoms with E-state index in [1.165, 1.54) is 0 Å². The van der Waals surface area contributed by atoms with Crippen LogP contribution in [-0.2, 0) is 6.54 Å². The van der Waals surface area contributed by atoms with Gasteiger partial charge in [0, 0.05) is 6.54 Å². The standard InChI is InChI=1S/C15H19NO3/c1-16(11-15-8-5-9-18-15)10-13(17)12-19-14-6-3-2-4-7-14/h2-9,13,17H,10-12H2,1H3/t13-/m0/s1. The van der Waals surface area contributed by atoms with Crippen molar-refractivity contribution in [2.75, 3.05) is 20.2 Å². The second-order valence-corrected chi connectivity index (χ2v) is 4.55. The van der Waals surface area contributed by atoms with Crippen molar-refractivity contribution in [3.05, 3.63) is 54.5 Å². The molecular weight excluding hydrogens is 242 g/mol. The van der Waals surface area contributed by atoms with Gasteiger partial charge in [0.25, 0.3) is 0 Å². The molecule has 0 unspecified atom stereocenters. The molecule has 19 heavy (non-hydrogen) atoms. The smallest absolute Gasteiger partial charge is 0.119 e. The lowest BCUT2D eigenvalue weighted by atomic mass is 10.3. The average molecular weight is 261 g/mol. The minimum atomic E-state index is -0.528. The van der Waals surface area contributed by atoms with Crippen LogP contribution in [0.3, 0.4) is 0 Å². The third-order valence-electron chi connectivity index (χ3n) is 2.71. The SMILES string of the molecule is CN(Cc1ccco1)C[C@H](O)COc1ccccc1. The molecule has 0 fully saturated rings. The van der Waals surface area contributed by atoms with Crippen LogP contribution in [0, 0.1) is 0 Å². The summed E-state index contributed by atoms with van der Waals surface area (Å²) in [5.41, 5.74) is 0. The van der Waals surface area contributed by atoms with Crippen LogP contribution in [0.15, 0.2) is 53.1 Å². The maximum Gasteiger partial charge on any atom is 0.119 e. The first-order valence-electron chi connectivity index (χ1n) is 6.31. The molecule has 0 saturated heterocycles. The summed E-state index contributed by atoms with van der Waals surface area (Å²) in [4.78, 5) is 2.00. The second-order valence-electron chi connectivity index (χ2n) is 4.55. The summed E-state index contributed by atoms with van der Waals surface area (Å²) in [7, 11) is 1.94. The van der Waals surface area contributed by atoms with Gasteiger partial charge < -0.3 is 14.3 Å². The van der Waals surface area contributed by atoms with Crippen LogP contribution in [-0.4, -0.2) is 36.3 Å². The molecule has 1 atom stereocenters. The van der Waals surface area contributed by atoms with E-state index in [2.05, 4.69) is 0 Å². The van der Waals surface area contributed by atoms with Crippen LogP contribution in [0.25, 0.3) is 0 Å². The Morgan fingerprint density at radius 1 is 1.21 bits per heavy atom. The van der Waals surface area contributed by atoms with Gasteiger partial charge in [-0.05, 0) is 31.3 Å². The number of ether oxygens (including phenoxy) is 1. The lowest BCUT2D eigenvalue weighted by Crippen LogP contribution is -2.32. The van der Waals surface area contributed by atoms with Crippen molar-refractivity contribution in [2.45, 2.75) is 12.6 Å². The fourth-order valence-electron chi connectivity index (χ4n) is 1.85. The lowest BCUT2D eigenvalue weighted by Gasteiger charge is -2.19. The maximum absolute atomic E-state index is 9.91. The zero-order valence-corrected chi connectivity index (χ0v) is 11.0. The van der Waals surface area contributed by atoms with Crippen molar-refractivity contribution in [3.63, 3.8) is 0 Å². The highest BCUT2D eigenvalue weighted by Gasteiger charge is 2.10. The van der Waals surface area contributed by atoms with Crippen molar-refractivity contribution in [1.82, 2.24) is 4.90 Å². The highest BCUT2D eigenvalue weighted by Crippen LogP contribution is 2.09. The maximum atomic E-state index is 9.91. The number of para-hydroxylation sites is 1. The topological polar surface area (TPSA) is 45.8 Å². The molecule has 1 N–H and O–H groups in total. The molecule has 0 aliphatic carbocycles. The Bertz CT molecular complexity index is 456. The van der Waals surface area contributed by atoms with Crippen molar-refractivity contribution in [2.24, 2.45) is 0 Å². The Kier molecular flexibility index (Phi) is 5.01. The molecule has 0 saturated carbocycles. The van der Waals surface area contributed by atoms with Gasteiger partial charge in [-0.25, -0.2) is 0 Å². The quantitative estimate of drug-likeness (QED) is 0.829. The molecule has 0 radical (unpaired) electrons. The van der Waals surface area contributed by atoms with Crippen LogP contribution in [0.4, 0.5) is 0 Å². The number of hydrogen-bond donors (Lipinski definition) is 1. The molecule has 0 spiro atoms. The van der Waals surface area contributed by atoms with Crippen molar-refractivity contribution >= 4 is 0 Å². The fourth-order valence-corrected chi connectivity index (χ4v) is 1.85. The van der Waals surface area contributed by atoms with Crippen LogP contribution < -0.4 is 4.74 Å². The van der Waals surface area contributed by atoms with E-state index in [-0.39, 0.29) is 6.61 Å². The summed E-state index contributed by atoms with van der Waals surface area (Å²) in [6.45, 7) is 1.50. The lowest BCUT2D eigenvalue weighted by molar-refractivity contribution is 0.0725. The molecule has 102 valence electrons. The molecule has 2 aromatic rings. The minimum Gasteiger partial charge on any atom is -0.491 e. The number of likely N-dealkylation sites (N-methyl/N-ethyl adjacent to an activating group) is 1. The third-order valence-corrected chi connectivity index (χ3v) is 2.71. The van der Waals surface area contributed by atoms with Gasteiger partial charge in [-0.1, -0.05) is 18.2 Å². The predicted octanol–water partition coefficient (Wildman–Crippen LogP) is 2.15. The summed E-state index contributed by atoms with van der Waals surface area (Å²) < 4.78 is 10.8. The Morgan fingerprint density at radius 3 is 2.68 bits per heavy atom. The number of rotatable bonds is 7. The second kappa shape index (κ2) is 6.97. The Balaban J connectivity index is 1.70. The van der Waals surface area contributed by atoms with Crippen LogP contribution in [0.1, 0.15) is 5.76 Å². The Hall–Kier alpha value is -1.78. The predicted molar refractivity (Wildman–Crippen MR) is 73.0 cm³/mol. The molecule has 4 heteroatoms. The number of aliphatic hydroxyl groups excluding tert-OH is 1. The van der Waals surface area contributed by atoms with Crippen LogP contribution >= 0.6 is 0 Å². The third kappa shape index (κ3) is 4.77. The first-order valence-corrected chi connectivity index (χ1v) is 6.31. The van der Waals surface area contributed by atoms with Crippen LogP contribution in [0.5, 0.6) is 5.75 Å². The van der Waals surface area contributed by atoms with Crippen molar-refractivity contribution in [3.8, 4) is 5.75 Å². The molecule has 0 aliphatic rings. The van der Waals surface area contributed by atoms with E-state index < -0.39 is 6.10 Å². The molecule has 4 nitrogen and oxygen atoms in total. The van der Waals surface area contributed by atoms with Gasteiger partial charge in [0.15, 0.2) is 0 Å². The van der Waals surface area contributed by atoms with Gasteiger partial charge in [0.05, 0.1) is 12.8 Å². The zero-order chi connectivity index (χ0) is 13.5. The zero-order valence-electron chi connectivity index (χ0n) is 11.0. The number of furan rings is 1. The summed E-state index contributed by atoms with van der Waals surface area (Å²) in [6, 6.07) is 13.3. The first-order chi connectivity index (χ1) is 9.24. The normalized spacial score (nSPS) is 12.6. The number of hydrogen-bond acceptors (Lipinski definition) is 4. The molecule has 0 amide bonds. The number of nitrogens with zero attached hydrogens (tertiary/aromatic N) is 1. The molecule has 1 heterocycles. The molecule has 1 aromatic carbocycles. The minimum absolute atomic E-state index is 0.284. The molecule has 0 bridgehead atoms. The van der Waals surface area contributed by atoms with E-state index in [9.17, 15) is 5.11 Å². The van der Waals surface area contributed by atoms with Gasteiger partial charge in [-0.15, -0.1) is 0 Å². The van der Waals surface area contributed by atoms with Gasteiger partial charge in [-0.2, -0.15) is 0 Å². The van der Waals surface area contributed by atoms with E-state index in [0.717, 1.165) is 11.5 Å². The van der Waals surface area contributed by atoms with Gasteiger partial charge in [0.2, 0.25) is 0 Å². The molecule has 0 aliphatic heterocycles. The van der Waals surface area contributed by atoms with Gasteiger partial charge >= 0.3 is 0 Å². The average Bonchev–Trinajstić information content (AvgIpc) is 2.90. The van der Waals surface area contributed by atoms with E-state index in [4.69, 9.17) is 9.15 Å². The van der Waals surface area contributed by atoms with E-state index in [1.54, 1.807) is 6.26 Å². The summed E-state index contributed by atoms with van der Waals surface area (Å²) in [5, 5.41) is 9.91. The fraction of sp³-hybridized carbons (Fsp3) is 0.333. The Morgan fingerprint density at radius 2 is 2.00 bits per heavy atom. The first kappa shape index (κ1) is 13.6. The largest absolute Gasteiger partial charge is 0.491 e. The van der Waals surface area contributed by atoms with Gasteiger partial charge in [-0.3, -0.25) is 4.90 Å². The van der Waals surface area contributed by atoms with E-state index >= 15 is 0 Å². The molecule has 1 aromatic heterocycles. The highest BCUT2D eigenvalue weighted by atomic mass is 16.5. The highest BCUT2D eigenvalue weighted by molar-refractivity contribution is 5.20. The summed E-state index contributed by atoms with van der Waals surface area (Å²) in [5.74, 6) is 1.66. The summed E-state index contributed by atoms with van der Waals surface area (Å²) >= 11 is 0. The number of benzene rings is 1. The Labute approximate surface area is 113 Å². The molecular formula is C15H19NO3. The van der Waals surface area contributed by atoms with Crippen LogP contribution in [0.2, 0.25) is 0 Å². The van der Waals surface area contributed by atoms with E-state index in [0.29, 0.717) is 13.1 Å². The van der Waals surface area contributed by atoms with Crippen molar-refractivity contribution in [1.29, 1.82) is 0 Å².